The van der Waals surface area contributed by atoms with Crippen LogP contribution < -0.4 is 10.1 Å². The number of hydrogen-bond acceptors (Lipinski definition) is 5. The van der Waals surface area contributed by atoms with Gasteiger partial charge in [-0.25, -0.2) is 0 Å². The van der Waals surface area contributed by atoms with E-state index < -0.39 is 0 Å². The Bertz CT molecular complexity index is 866. The van der Waals surface area contributed by atoms with Crippen LogP contribution in [0.3, 0.4) is 0 Å². The highest BCUT2D eigenvalue weighted by molar-refractivity contribution is 9.10. The average Bonchev–Trinajstić information content (AvgIpc) is 2.99. The fraction of sp³-hybridized carbons (Fsp3) is 0.118. The van der Waals surface area contributed by atoms with Gasteiger partial charge in [-0.3, -0.25) is 10.1 Å². The quantitative estimate of drug-likeness (QED) is 0.683. The van der Waals surface area contributed by atoms with E-state index in [1.165, 1.54) is 11.3 Å². The van der Waals surface area contributed by atoms with E-state index in [0.717, 1.165) is 15.0 Å². The first-order valence-electron chi connectivity index (χ1n) is 7.20. The van der Waals surface area contributed by atoms with Crippen molar-refractivity contribution < 1.29 is 9.53 Å². The van der Waals surface area contributed by atoms with Crippen molar-refractivity contribution in [3.63, 3.8) is 0 Å². The van der Waals surface area contributed by atoms with Crippen molar-refractivity contribution in [3.8, 4) is 5.75 Å². The highest BCUT2D eigenvalue weighted by Gasteiger charge is 2.14. The Morgan fingerprint density at radius 1 is 1.17 bits per heavy atom. The van der Waals surface area contributed by atoms with Crippen molar-refractivity contribution in [2.75, 3.05) is 5.32 Å². The zero-order chi connectivity index (χ0) is 16.9. The largest absolute Gasteiger partial charge is 0.488 e. The number of aromatic nitrogens is 2. The van der Waals surface area contributed by atoms with Crippen LogP contribution in [-0.4, -0.2) is 16.1 Å². The standard InChI is InChI=1S/C17H14BrN3O2S/c1-11-20-21-17(24-11)19-16(22)13-7-3-5-9-15(13)23-10-12-6-2-4-8-14(12)18/h2-9H,10H2,1H3,(H,19,21,22). The van der Waals surface area contributed by atoms with Crippen LogP contribution in [0.2, 0.25) is 0 Å². The van der Waals surface area contributed by atoms with Gasteiger partial charge in [0.2, 0.25) is 5.13 Å². The van der Waals surface area contributed by atoms with Gasteiger partial charge >= 0.3 is 0 Å². The first-order chi connectivity index (χ1) is 11.6. The number of hydrogen-bond donors (Lipinski definition) is 1. The molecule has 1 N–H and O–H groups in total. The zero-order valence-electron chi connectivity index (χ0n) is 12.8. The van der Waals surface area contributed by atoms with E-state index in [4.69, 9.17) is 4.74 Å². The molecular formula is C17H14BrN3O2S. The first-order valence-corrected chi connectivity index (χ1v) is 8.81. The number of benzene rings is 2. The van der Waals surface area contributed by atoms with E-state index in [9.17, 15) is 4.79 Å². The lowest BCUT2D eigenvalue weighted by molar-refractivity contribution is 0.102. The molecule has 0 atom stereocenters. The number of anilines is 1. The number of nitrogens with zero attached hydrogens (tertiary/aromatic N) is 2. The van der Waals surface area contributed by atoms with Crippen LogP contribution >= 0.6 is 27.3 Å². The summed E-state index contributed by atoms with van der Waals surface area (Å²) >= 11 is 4.82. The summed E-state index contributed by atoms with van der Waals surface area (Å²) in [5.74, 6) is 0.251. The fourth-order valence-electron chi connectivity index (χ4n) is 2.06. The zero-order valence-corrected chi connectivity index (χ0v) is 15.2. The highest BCUT2D eigenvalue weighted by Crippen LogP contribution is 2.23. The molecule has 3 aromatic rings. The molecule has 122 valence electrons. The Balaban J connectivity index is 1.75. The maximum atomic E-state index is 12.5. The summed E-state index contributed by atoms with van der Waals surface area (Å²) in [6.45, 7) is 2.20. The lowest BCUT2D eigenvalue weighted by Crippen LogP contribution is -2.13. The van der Waals surface area contributed by atoms with Gasteiger partial charge in [0.05, 0.1) is 5.56 Å². The van der Waals surface area contributed by atoms with E-state index in [1.54, 1.807) is 18.2 Å². The second kappa shape index (κ2) is 7.55. The Kier molecular flexibility index (Phi) is 5.22. The Morgan fingerprint density at radius 3 is 2.67 bits per heavy atom. The Hall–Kier alpha value is -2.25. The van der Waals surface area contributed by atoms with Gasteiger partial charge in [0.25, 0.3) is 5.91 Å². The van der Waals surface area contributed by atoms with Crippen molar-refractivity contribution in [1.82, 2.24) is 10.2 Å². The number of carbonyl (C=O) groups excluding carboxylic acids is 1. The molecule has 0 unspecified atom stereocenters. The van der Waals surface area contributed by atoms with Crippen LogP contribution in [0.5, 0.6) is 5.75 Å². The summed E-state index contributed by atoms with van der Waals surface area (Å²) in [7, 11) is 0. The van der Waals surface area contributed by atoms with Crippen LogP contribution in [0, 0.1) is 6.92 Å². The van der Waals surface area contributed by atoms with Crippen LogP contribution in [0.25, 0.3) is 0 Å². The van der Waals surface area contributed by atoms with Gasteiger partial charge in [-0.05, 0) is 25.1 Å². The molecule has 24 heavy (non-hydrogen) atoms. The third-order valence-corrected chi connectivity index (χ3v) is 4.75. The average molecular weight is 404 g/mol. The maximum absolute atomic E-state index is 12.5. The van der Waals surface area contributed by atoms with Crippen molar-refractivity contribution in [2.45, 2.75) is 13.5 Å². The highest BCUT2D eigenvalue weighted by atomic mass is 79.9. The number of halogens is 1. The SMILES string of the molecule is Cc1nnc(NC(=O)c2ccccc2OCc2ccccc2Br)s1. The van der Waals surface area contributed by atoms with E-state index in [1.807, 2.05) is 37.3 Å². The molecule has 1 amide bonds. The first kappa shape index (κ1) is 16.6. The van der Waals surface area contributed by atoms with Crippen LogP contribution in [0.15, 0.2) is 53.0 Å². The fourth-order valence-corrected chi connectivity index (χ4v) is 3.05. The lowest BCUT2D eigenvalue weighted by atomic mass is 10.2. The molecule has 3 rings (SSSR count). The third kappa shape index (κ3) is 3.98. The topological polar surface area (TPSA) is 64.1 Å². The molecule has 0 spiro atoms. The summed E-state index contributed by atoms with van der Waals surface area (Å²) in [4.78, 5) is 12.5. The third-order valence-electron chi connectivity index (χ3n) is 3.22. The van der Waals surface area contributed by atoms with Crippen LogP contribution in [0.4, 0.5) is 5.13 Å². The number of amides is 1. The molecule has 7 heteroatoms. The summed E-state index contributed by atoms with van der Waals surface area (Å²) in [5.41, 5.74) is 1.46. The normalized spacial score (nSPS) is 10.4. The molecule has 0 aliphatic heterocycles. The second-order valence-electron chi connectivity index (χ2n) is 4.96. The molecular weight excluding hydrogens is 390 g/mol. The van der Waals surface area contributed by atoms with Crippen molar-refractivity contribution in [1.29, 1.82) is 0 Å². The van der Waals surface area contributed by atoms with Gasteiger partial charge in [0.15, 0.2) is 0 Å². The van der Waals surface area contributed by atoms with E-state index in [-0.39, 0.29) is 5.91 Å². The molecule has 0 saturated carbocycles. The molecule has 2 aromatic carbocycles. The number of carbonyl (C=O) groups is 1. The van der Waals surface area contributed by atoms with Gasteiger partial charge in [0, 0.05) is 10.0 Å². The maximum Gasteiger partial charge on any atom is 0.261 e. The second-order valence-corrected chi connectivity index (χ2v) is 6.99. The predicted octanol–water partition coefficient (Wildman–Crippen LogP) is 4.44. The monoisotopic (exact) mass is 403 g/mol. The summed E-state index contributed by atoms with van der Waals surface area (Å²) < 4.78 is 6.81. The van der Waals surface area contributed by atoms with Crippen molar-refractivity contribution in [2.24, 2.45) is 0 Å². The number of nitrogens with one attached hydrogen (secondary N) is 1. The summed E-state index contributed by atoms with van der Waals surface area (Å²) in [6, 6.07) is 14.9. The Labute approximate surface area is 151 Å². The summed E-state index contributed by atoms with van der Waals surface area (Å²) in [5, 5.41) is 11.8. The molecule has 0 aliphatic rings. The smallest absolute Gasteiger partial charge is 0.261 e. The molecule has 0 bridgehead atoms. The lowest BCUT2D eigenvalue weighted by Gasteiger charge is -2.11. The van der Waals surface area contributed by atoms with Gasteiger partial charge in [0.1, 0.15) is 17.4 Å². The minimum Gasteiger partial charge on any atom is -0.488 e. The van der Waals surface area contributed by atoms with E-state index in [2.05, 4.69) is 31.4 Å². The molecule has 0 radical (unpaired) electrons. The number of rotatable bonds is 5. The number of aryl methyl sites for hydroxylation is 1. The molecule has 0 aliphatic carbocycles. The van der Waals surface area contributed by atoms with Gasteiger partial charge in [-0.1, -0.05) is 57.6 Å². The van der Waals surface area contributed by atoms with Gasteiger partial charge < -0.3 is 4.74 Å². The van der Waals surface area contributed by atoms with Crippen molar-refractivity contribution >= 4 is 38.3 Å². The van der Waals surface area contributed by atoms with E-state index >= 15 is 0 Å². The van der Waals surface area contributed by atoms with Gasteiger partial charge in [-0.15, -0.1) is 10.2 Å². The molecule has 1 aromatic heterocycles. The van der Waals surface area contributed by atoms with Crippen LogP contribution in [0.1, 0.15) is 20.9 Å². The summed E-state index contributed by atoms with van der Waals surface area (Å²) in [6.07, 6.45) is 0. The van der Waals surface area contributed by atoms with E-state index in [0.29, 0.717) is 23.1 Å². The van der Waals surface area contributed by atoms with Gasteiger partial charge in [-0.2, -0.15) is 0 Å². The number of ether oxygens (including phenoxy) is 1. The van der Waals surface area contributed by atoms with Crippen LogP contribution in [-0.2, 0) is 6.61 Å². The molecule has 5 nitrogen and oxygen atoms in total. The Morgan fingerprint density at radius 2 is 1.92 bits per heavy atom. The minimum absolute atomic E-state index is 0.270. The van der Waals surface area contributed by atoms with Crippen molar-refractivity contribution in [3.05, 3.63) is 69.1 Å². The molecule has 0 saturated heterocycles. The molecule has 1 heterocycles. The predicted molar refractivity (Wildman–Crippen MR) is 97.5 cm³/mol. The number of para-hydroxylation sites is 1. The molecule has 0 fully saturated rings. The minimum atomic E-state index is -0.270.